The normalized spacial score (nSPS) is 34.4. The fourth-order valence-electron chi connectivity index (χ4n) is 1.89. The van der Waals surface area contributed by atoms with Gasteiger partial charge in [0.15, 0.2) is 5.78 Å². The summed E-state index contributed by atoms with van der Waals surface area (Å²) < 4.78 is 0. The molecule has 2 heteroatoms. The van der Waals surface area contributed by atoms with Crippen LogP contribution in [0.5, 0.6) is 0 Å². The lowest BCUT2D eigenvalue weighted by Crippen LogP contribution is -2.28. The van der Waals surface area contributed by atoms with Gasteiger partial charge in [-0.2, -0.15) is 0 Å². The van der Waals surface area contributed by atoms with E-state index in [0.717, 1.165) is 24.8 Å². The summed E-state index contributed by atoms with van der Waals surface area (Å²) in [6.07, 6.45) is 8.92. The van der Waals surface area contributed by atoms with Crippen molar-refractivity contribution in [1.82, 2.24) is 0 Å². The quantitative estimate of drug-likeness (QED) is 0.526. The standard InChI is InChI=1S/C10H11ClO/c11-9-6-5-7-3-1-2-4-8(7)10(9)12/h1-2,4,7,9H,3,5-6H2. The molecule has 2 unspecified atom stereocenters. The highest BCUT2D eigenvalue weighted by atomic mass is 35.5. The lowest BCUT2D eigenvalue weighted by molar-refractivity contribution is -0.116. The van der Waals surface area contributed by atoms with Crippen LogP contribution in [0.3, 0.4) is 0 Å². The zero-order chi connectivity index (χ0) is 8.55. The second-order valence-electron chi connectivity index (χ2n) is 3.39. The largest absolute Gasteiger partial charge is 0.293 e. The van der Waals surface area contributed by atoms with Crippen molar-refractivity contribution in [3.63, 3.8) is 0 Å². The number of Topliss-reactive ketones (excluding diaryl/α,β-unsaturated/α-hetero) is 1. The van der Waals surface area contributed by atoms with Crippen molar-refractivity contribution in [3.05, 3.63) is 23.8 Å². The van der Waals surface area contributed by atoms with E-state index in [1.165, 1.54) is 0 Å². The Bertz CT molecular complexity index is 265. The van der Waals surface area contributed by atoms with Crippen molar-refractivity contribution in [2.45, 2.75) is 24.6 Å². The van der Waals surface area contributed by atoms with Gasteiger partial charge in [0.05, 0.1) is 5.38 Å². The van der Waals surface area contributed by atoms with E-state index in [9.17, 15) is 4.79 Å². The van der Waals surface area contributed by atoms with Gasteiger partial charge in [0.25, 0.3) is 0 Å². The maximum absolute atomic E-state index is 11.5. The minimum atomic E-state index is -0.265. The second-order valence-corrected chi connectivity index (χ2v) is 3.92. The molecule has 1 fully saturated rings. The van der Waals surface area contributed by atoms with Gasteiger partial charge in [-0.3, -0.25) is 4.79 Å². The molecule has 0 heterocycles. The van der Waals surface area contributed by atoms with E-state index in [1.54, 1.807) is 0 Å². The Hall–Kier alpha value is -0.560. The first-order valence-corrected chi connectivity index (χ1v) is 4.77. The van der Waals surface area contributed by atoms with Gasteiger partial charge >= 0.3 is 0 Å². The highest BCUT2D eigenvalue weighted by Crippen LogP contribution is 2.33. The number of alkyl halides is 1. The zero-order valence-corrected chi connectivity index (χ0v) is 7.55. The molecule has 2 aliphatic rings. The smallest absolute Gasteiger partial charge is 0.176 e. The molecule has 2 rings (SSSR count). The predicted octanol–water partition coefficient (Wildman–Crippen LogP) is 2.46. The Balaban J connectivity index is 2.27. The third kappa shape index (κ3) is 1.22. The number of hydrogen-bond acceptors (Lipinski definition) is 1. The monoisotopic (exact) mass is 182 g/mol. The highest BCUT2D eigenvalue weighted by molar-refractivity contribution is 6.34. The average molecular weight is 183 g/mol. The van der Waals surface area contributed by atoms with Gasteiger partial charge in [-0.05, 0) is 25.2 Å². The summed E-state index contributed by atoms with van der Waals surface area (Å²) in [7, 11) is 0. The SMILES string of the molecule is O=C1C2=CC=CCC2CCC1Cl. The summed E-state index contributed by atoms with van der Waals surface area (Å²) >= 11 is 5.87. The van der Waals surface area contributed by atoms with Gasteiger partial charge in [0.1, 0.15) is 0 Å². The maximum atomic E-state index is 11.5. The number of fused-ring (bicyclic) bond motifs is 1. The molecule has 0 aromatic carbocycles. The minimum absolute atomic E-state index is 0.150. The molecule has 0 radical (unpaired) electrons. The lowest BCUT2D eigenvalue weighted by atomic mass is 9.79. The molecular formula is C10H11ClO. The lowest BCUT2D eigenvalue weighted by Gasteiger charge is -2.27. The van der Waals surface area contributed by atoms with Crippen LogP contribution in [-0.4, -0.2) is 11.2 Å². The van der Waals surface area contributed by atoms with Crippen LogP contribution >= 0.6 is 11.6 Å². The van der Waals surface area contributed by atoms with Gasteiger partial charge < -0.3 is 0 Å². The summed E-state index contributed by atoms with van der Waals surface area (Å²) in [5, 5.41) is -0.265. The Kier molecular flexibility index (Phi) is 2.05. The first-order chi connectivity index (χ1) is 5.79. The van der Waals surface area contributed by atoms with Crippen molar-refractivity contribution in [2.24, 2.45) is 5.92 Å². The summed E-state index contributed by atoms with van der Waals surface area (Å²) in [5.74, 6) is 0.606. The fourth-order valence-corrected chi connectivity index (χ4v) is 2.15. The summed E-state index contributed by atoms with van der Waals surface area (Å²) in [4.78, 5) is 11.5. The molecule has 0 spiro atoms. The van der Waals surface area contributed by atoms with Crippen molar-refractivity contribution < 1.29 is 4.79 Å². The number of carbonyl (C=O) groups is 1. The maximum Gasteiger partial charge on any atom is 0.176 e. The van der Waals surface area contributed by atoms with E-state index in [2.05, 4.69) is 6.08 Å². The van der Waals surface area contributed by atoms with E-state index >= 15 is 0 Å². The van der Waals surface area contributed by atoms with E-state index in [0.29, 0.717) is 5.92 Å². The fraction of sp³-hybridized carbons (Fsp3) is 0.500. The molecule has 0 aromatic heterocycles. The average Bonchev–Trinajstić information content (AvgIpc) is 2.12. The third-order valence-electron chi connectivity index (χ3n) is 2.61. The first-order valence-electron chi connectivity index (χ1n) is 4.34. The van der Waals surface area contributed by atoms with Gasteiger partial charge in [0, 0.05) is 5.57 Å². The van der Waals surface area contributed by atoms with Crippen LogP contribution < -0.4 is 0 Å². The molecule has 0 amide bonds. The number of allylic oxidation sites excluding steroid dienone is 4. The number of rotatable bonds is 0. The van der Waals surface area contributed by atoms with Gasteiger partial charge in [0.2, 0.25) is 0 Å². The molecular weight excluding hydrogens is 172 g/mol. The molecule has 2 atom stereocenters. The minimum Gasteiger partial charge on any atom is -0.293 e. The van der Waals surface area contributed by atoms with Crippen LogP contribution in [0.15, 0.2) is 23.8 Å². The molecule has 12 heavy (non-hydrogen) atoms. The summed E-state index contributed by atoms with van der Waals surface area (Å²) in [5.41, 5.74) is 0.948. The Morgan fingerprint density at radius 1 is 1.42 bits per heavy atom. The molecule has 0 bridgehead atoms. The first kappa shape index (κ1) is 8.06. The molecule has 0 N–H and O–H groups in total. The van der Waals surface area contributed by atoms with Crippen molar-refractivity contribution in [2.75, 3.05) is 0 Å². The van der Waals surface area contributed by atoms with Gasteiger partial charge in [-0.15, -0.1) is 11.6 Å². The molecule has 0 aromatic rings. The third-order valence-corrected chi connectivity index (χ3v) is 3.03. The van der Waals surface area contributed by atoms with Crippen LogP contribution in [-0.2, 0) is 4.79 Å². The molecule has 64 valence electrons. The van der Waals surface area contributed by atoms with Crippen LogP contribution in [0.2, 0.25) is 0 Å². The molecule has 2 aliphatic carbocycles. The van der Waals surface area contributed by atoms with Crippen LogP contribution in [0.1, 0.15) is 19.3 Å². The number of halogens is 1. The van der Waals surface area contributed by atoms with Gasteiger partial charge in [-0.1, -0.05) is 18.2 Å². The van der Waals surface area contributed by atoms with Crippen LogP contribution in [0.4, 0.5) is 0 Å². The number of ketones is 1. The second kappa shape index (κ2) is 3.06. The molecule has 0 aliphatic heterocycles. The number of carbonyl (C=O) groups excluding carboxylic acids is 1. The van der Waals surface area contributed by atoms with E-state index < -0.39 is 0 Å². The zero-order valence-electron chi connectivity index (χ0n) is 6.79. The van der Waals surface area contributed by atoms with E-state index in [4.69, 9.17) is 11.6 Å². The van der Waals surface area contributed by atoms with Crippen molar-refractivity contribution >= 4 is 17.4 Å². The molecule has 1 nitrogen and oxygen atoms in total. The van der Waals surface area contributed by atoms with E-state index in [1.807, 2.05) is 12.2 Å². The highest BCUT2D eigenvalue weighted by Gasteiger charge is 2.31. The van der Waals surface area contributed by atoms with E-state index in [-0.39, 0.29) is 11.2 Å². The van der Waals surface area contributed by atoms with Crippen LogP contribution in [0.25, 0.3) is 0 Å². The Morgan fingerprint density at radius 3 is 3.08 bits per heavy atom. The van der Waals surface area contributed by atoms with Crippen molar-refractivity contribution in [1.29, 1.82) is 0 Å². The van der Waals surface area contributed by atoms with Gasteiger partial charge in [-0.25, -0.2) is 0 Å². The topological polar surface area (TPSA) is 17.1 Å². The number of hydrogen-bond donors (Lipinski definition) is 0. The summed E-state index contributed by atoms with van der Waals surface area (Å²) in [6.45, 7) is 0. The summed E-state index contributed by atoms with van der Waals surface area (Å²) in [6, 6.07) is 0. The Morgan fingerprint density at radius 2 is 2.25 bits per heavy atom. The van der Waals surface area contributed by atoms with Crippen molar-refractivity contribution in [3.8, 4) is 0 Å². The molecule has 1 saturated carbocycles. The molecule has 0 saturated heterocycles. The van der Waals surface area contributed by atoms with Crippen LogP contribution in [0, 0.1) is 5.92 Å². The predicted molar refractivity (Wildman–Crippen MR) is 49.2 cm³/mol. The Labute approximate surface area is 77.1 Å².